The summed E-state index contributed by atoms with van der Waals surface area (Å²) in [5, 5.41) is 8.41. The van der Waals surface area contributed by atoms with E-state index in [2.05, 4.69) is 40.9 Å². The number of nitrogens with one attached hydrogen (secondary N) is 1. The first kappa shape index (κ1) is 17.8. The van der Waals surface area contributed by atoms with Gasteiger partial charge in [-0.05, 0) is 12.5 Å². The summed E-state index contributed by atoms with van der Waals surface area (Å²) in [5.74, 6) is 0.588. The molecule has 0 bridgehead atoms. The Hall–Kier alpha value is -2.00. The van der Waals surface area contributed by atoms with Crippen LogP contribution in [0.5, 0.6) is 5.88 Å². The van der Waals surface area contributed by atoms with E-state index in [0.717, 1.165) is 12.1 Å². The molecule has 0 aromatic carbocycles. The Morgan fingerprint density at radius 2 is 2.12 bits per heavy atom. The van der Waals surface area contributed by atoms with Crippen LogP contribution in [0.3, 0.4) is 0 Å². The second-order valence-corrected chi connectivity index (χ2v) is 9.16. The van der Waals surface area contributed by atoms with Crippen LogP contribution in [-0.4, -0.2) is 52.6 Å². The van der Waals surface area contributed by atoms with Crippen LogP contribution >= 0.6 is 0 Å². The zero-order valence-corrected chi connectivity index (χ0v) is 15.5. The summed E-state index contributed by atoms with van der Waals surface area (Å²) in [6.45, 7) is 7.54. The Morgan fingerprint density at radius 1 is 1.32 bits per heavy atom. The number of ether oxygens (including phenoxy) is 1. The number of hydrogen-bond acceptors (Lipinski definition) is 6. The van der Waals surface area contributed by atoms with Gasteiger partial charge in [0.2, 0.25) is 5.88 Å². The van der Waals surface area contributed by atoms with Crippen LogP contribution in [0.4, 0.5) is 0 Å². The molecule has 25 heavy (non-hydrogen) atoms. The molecule has 1 N–H and O–H groups in total. The zero-order valence-electron chi connectivity index (χ0n) is 14.6. The van der Waals surface area contributed by atoms with E-state index in [9.17, 15) is 8.42 Å². The Balaban J connectivity index is 1.55. The molecule has 136 valence electrons. The predicted octanol–water partition coefficient (Wildman–Crippen LogP) is 1.59. The van der Waals surface area contributed by atoms with Crippen molar-refractivity contribution in [1.29, 1.82) is 0 Å². The van der Waals surface area contributed by atoms with Crippen LogP contribution in [-0.2, 0) is 15.4 Å². The van der Waals surface area contributed by atoms with Crippen molar-refractivity contribution in [2.24, 2.45) is 5.92 Å². The van der Waals surface area contributed by atoms with Gasteiger partial charge in [-0.25, -0.2) is 13.4 Å². The average Bonchev–Trinajstić information content (AvgIpc) is 3.24. The first-order valence-electron chi connectivity index (χ1n) is 8.22. The minimum absolute atomic E-state index is 0.0570. The highest BCUT2D eigenvalue weighted by atomic mass is 32.2. The first-order valence-corrected chi connectivity index (χ1v) is 9.66. The highest BCUT2D eigenvalue weighted by Crippen LogP contribution is 2.24. The monoisotopic (exact) mass is 365 g/mol. The van der Waals surface area contributed by atoms with Gasteiger partial charge in [0.1, 0.15) is 0 Å². The molecule has 1 atom stereocenters. The van der Waals surface area contributed by atoms with E-state index >= 15 is 0 Å². The number of imidazole rings is 1. The van der Waals surface area contributed by atoms with Gasteiger partial charge in [-0.15, -0.1) is 5.10 Å². The van der Waals surface area contributed by atoms with Gasteiger partial charge in [0, 0.05) is 30.5 Å². The van der Waals surface area contributed by atoms with Crippen molar-refractivity contribution < 1.29 is 13.2 Å². The SMILES string of the molecule is CC(C)(C)c1ccc(OCC2CCN(S(=O)(=O)c3cnc[nH]3)C2)nn1. The summed E-state index contributed by atoms with van der Waals surface area (Å²) in [4.78, 5) is 6.43. The lowest BCUT2D eigenvalue weighted by molar-refractivity contribution is 0.243. The van der Waals surface area contributed by atoms with Gasteiger partial charge in [-0.1, -0.05) is 20.8 Å². The molecule has 0 aliphatic carbocycles. The lowest BCUT2D eigenvalue weighted by Gasteiger charge is -2.17. The summed E-state index contributed by atoms with van der Waals surface area (Å²) < 4.78 is 32.0. The van der Waals surface area contributed by atoms with Crippen molar-refractivity contribution in [2.45, 2.75) is 37.6 Å². The van der Waals surface area contributed by atoms with Crippen molar-refractivity contribution in [3.63, 3.8) is 0 Å². The Labute approximate surface area is 147 Å². The standard InChI is InChI=1S/C16H23N5O3S/c1-16(2,3)13-4-5-14(20-19-13)24-10-12-6-7-21(9-12)25(22,23)15-8-17-11-18-15/h4-5,8,11-12H,6-7,9-10H2,1-3H3,(H,17,18). The fourth-order valence-corrected chi connectivity index (χ4v) is 4.10. The van der Waals surface area contributed by atoms with Crippen LogP contribution in [0.25, 0.3) is 0 Å². The normalized spacial score (nSPS) is 19.2. The largest absolute Gasteiger partial charge is 0.476 e. The molecule has 2 aromatic rings. The predicted molar refractivity (Wildman–Crippen MR) is 91.7 cm³/mol. The highest BCUT2D eigenvalue weighted by Gasteiger charge is 2.33. The van der Waals surface area contributed by atoms with Crippen LogP contribution in [0.2, 0.25) is 0 Å². The lowest BCUT2D eigenvalue weighted by Crippen LogP contribution is -2.30. The molecule has 1 unspecified atom stereocenters. The molecule has 0 amide bonds. The number of rotatable bonds is 5. The van der Waals surface area contributed by atoms with E-state index in [4.69, 9.17) is 4.74 Å². The molecule has 1 saturated heterocycles. The Morgan fingerprint density at radius 3 is 2.72 bits per heavy atom. The summed E-state index contributed by atoms with van der Waals surface area (Å²) in [5.41, 5.74) is 0.843. The summed E-state index contributed by atoms with van der Waals surface area (Å²) in [6, 6.07) is 3.72. The third kappa shape index (κ3) is 3.98. The zero-order chi connectivity index (χ0) is 18.1. The number of hydrogen-bond donors (Lipinski definition) is 1. The number of nitrogens with zero attached hydrogens (tertiary/aromatic N) is 4. The molecule has 0 saturated carbocycles. The maximum atomic E-state index is 12.4. The van der Waals surface area contributed by atoms with Gasteiger partial charge in [-0.2, -0.15) is 9.40 Å². The Kier molecular flexibility index (Phi) is 4.79. The number of aromatic amines is 1. The third-order valence-corrected chi connectivity index (χ3v) is 6.01. The minimum Gasteiger partial charge on any atom is -0.476 e. The lowest BCUT2D eigenvalue weighted by atomic mass is 9.92. The maximum absolute atomic E-state index is 12.4. The fraction of sp³-hybridized carbons (Fsp3) is 0.562. The molecule has 3 heterocycles. The molecule has 1 aliphatic heterocycles. The highest BCUT2D eigenvalue weighted by molar-refractivity contribution is 7.89. The number of H-pyrrole nitrogens is 1. The van der Waals surface area contributed by atoms with Crippen LogP contribution < -0.4 is 4.74 Å². The van der Waals surface area contributed by atoms with Crippen LogP contribution in [0.15, 0.2) is 29.7 Å². The quantitative estimate of drug-likeness (QED) is 0.863. The smallest absolute Gasteiger partial charge is 0.260 e. The van der Waals surface area contributed by atoms with Crippen molar-refractivity contribution in [1.82, 2.24) is 24.5 Å². The first-order chi connectivity index (χ1) is 11.8. The molecule has 1 fully saturated rings. The second-order valence-electron chi connectivity index (χ2n) is 7.25. The van der Waals surface area contributed by atoms with E-state index in [1.165, 1.54) is 16.8 Å². The molecule has 3 rings (SSSR count). The number of aromatic nitrogens is 4. The molecule has 0 radical (unpaired) electrons. The third-order valence-electron chi connectivity index (χ3n) is 4.21. The minimum atomic E-state index is -3.50. The van der Waals surface area contributed by atoms with Gasteiger partial charge in [0.05, 0.1) is 24.8 Å². The topological polar surface area (TPSA) is 101 Å². The van der Waals surface area contributed by atoms with Crippen LogP contribution in [0.1, 0.15) is 32.9 Å². The second kappa shape index (κ2) is 6.72. The van der Waals surface area contributed by atoms with Gasteiger partial charge in [0.15, 0.2) is 5.03 Å². The number of sulfonamides is 1. The van der Waals surface area contributed by atoms with Crippen molar-refractivity contribution in [3.05, 3.63) is 30.4 Å². The average molecular weight is 365 g/mol. The Bertz CT molecular complexity index is 797. The van der Waals surface area contributed by atoms with Crippen molar-refractivity contribution in [2.75, 3.05) is 19.7 Å². The molecular formula is C16H23N5O3S. The maximum Gasteiger partial charge on any atom is 0.260 e. The molecule has 2 aromatic heterocycles. The molecule has 0 spiro atoms. The van der Waals surface area contributed by atoms with E-state index in [-0.39, 0.29) is 16.4 Å². The summed E-state index contributed by atoms with van der Waals surface area (Å²) >= 11 is 0. The molecule has 1 aliphatic rings. The van der Waals surface area contributed by atoms with E-state index in [1.807, 2.05) is 12.1 Å². The van der Waals surface area contributed by atoms with E-state index in [0.29, 0.717) is 25.6 Å². The van der Waals surface area contributed by atoms with E-state index in [1.54, 1.807) is 0 Å². The van der Waals surface area contributed by atoms with E-state index < -0.39 is 10.0 Å². The molecular weight excluding hydrogens is 342 g/mol. The summed E-state index contributed by atoms with van der Waals surface area (Å²) in [7, 11) is -3.50. The molecule has 9 heteroatoms. The molecule has 8 nitrogen and oxygen atoms in total. The van der Waals surface area contributed by atoms with Crippen molar-refractivity contribution in [3.8, 4) is 5.88 Å². The fourth-order valence-electron chi connectivity index (χ4n) is 2.67. The van der Waals surface area contributed by atoms with Gasteiger partial charge < -0.3 is 9.72 Å². The van der Waals surface area contributed by atoms with Gasteiger partial charge >= 0.3 is 0 Å². The van der Waals surface area contributed by atoms with Gasteiger partial charge in [-0.3, -0.25) is 0 Å². The van der Waals surface area contributed by atoms with Gasteiger partial charge in [0.25, 0.3) is 10.0 Å². The summed E-state index contributed by atoms with van der Waals surface area (Å²) in [6.07, 6.45) is 3.44. The van der Waals surface area contributed by atoms with Crippen LogP contribution in [0, 0.1) is 5.92 Å². The van der Waals surface area contributed by atoms with Crippen molar-refractivity contribution >= 4 is 10.0 Å².